The first-order chi connectivity index (χ1) is 8.86. The van der Waals surface area contributed by atoms with Crippen LogP contribution in [0.2, 0.25) is 0 Å². The highest BCUT2D eigenvalue weighted by Crippen LogP contribution is 2.07. The maximum Gasteiger partial charge on any atom is 0.0589 e. The van der Waals surface area contributed by atoms with E-state index in [9.17, 15) is 0 Å². The van der Waals surface area contributed by atoms with Crippen molar-refractivity contribution in [1.82, 2.24) is 9.80 Å². The van der Waals surface area contributed by atoms with Gasteiger partial charge in [0.05, 0.1) is 6.61 Å². The smallest absolute Gasteiger partial charge is 0.0589 e. The van der Waals surface area contributed by atoms with Gasteiger partial charge < -0.3 is 9.64 Å². The number of nitrogens with zero attached hydrogens (tertiary/aromatic N) is 2. The van der Waals surface area contributed by atoms with Crippen LogP contribution in [0.3, 0.4) is 0 Å². The topological polar surface area (TPSA) is 15.7 Å². The molecular formula is C15H32N2O. The molecule has 3 nitrogen and oxygen atoms in total. The lowest BCUT2D eigenvalue weighted by Crippen LogP contribution is -2.47. The van der Waals surface area contributed by atoms with E-state index in [-0.39, 0.29) is 0 Å². The van der Waals surface area contributed by atoms with E-state index in [1.54, 1.807) is 7.11 Å². The third-order valence-corrected chi connectivity index (χ3v) is 3.90. The molecule has 1 fully saturated rings. The maximum atomic E-state index is 5.13. The summed E-state index contributed by atoms with van der Waals surface area (Å²) in [5.41, 5.74) is 0. The number of methoxy groups -OCH3 is 1. The Kier molecular flexibility index (Phi) is 9.54. The quantitative estimate of drug-likeness (QED) is 0.559. The van der Waals surface area contributed by atoms with Gasteiger partial charge in [0.2, 0.25) is 0 Å². The molecule has 1 rings (SSSR count). The average Bonchev–Trinajstić information content (AvgIpc) is 2.42. The average molecular weight is 256 g/mol. The molecule has 0 N–H and O–H groups in total. The second-order valence-electron chi connectivity index (χ2n) is 5.44. The van der Waals surface area contributed by atoms with Gasteiger partial charge in [0, 0.05) is 39.8 Å². The minimum atomic E-state index is 0.872. The van der Waals surface area contributed by atoms with Gasteiger partial charge in [0.1, 0.15) is 0 Å². The van der Waals surface area contributed by atoms with E-state index in [1.807, 2.05) is 0 Å². The minimum Gasteiger partial charge on any atom is -0.383 e. The van der Waals surface area contributed by atoms with Crippen molar-refractivity contribution in [3.63, 3.8) is 0 Å². The Morgan fingerprint density at radius 2 is 1.33 bits per heavy atom. The van der Waals surface area contributed by atoms with Gasteiger partial charge in [0.25, 0.3) is 0 Å². The largest absolute Gasteiger partial charge is 0.383 e. The molecule has 0 radical (unpaired) electrons. The second kappa shape index (κ2) is 10.8. The van der Waals surface area contributed by atoms with E-state index in [4.69, 9.17) is 4.74 Å². The fourth-order valence-electron chi connectivity index (χ4n) is 2.57. The molecular weight excluding hydrogens is 224 g/mol. The zero-order valence-corrected chi connectivity index (χ0v) is 12.5. The fourth-order valence-corrected chi connectivity index (χ4v) is 2.57. The molecule has 1 saturated heterocycles. The molecule has 108 valence electrons. The monoisotopic (exact) mass is 256 g/mol. The van der Waals surface area contributed by atoms with Crippen LogP contribution in [-0.4, -0.2) is 62.8 Å². The second-order valence-corrected chi connectivity index (χ2v) is 5.44. The van der Waals surface area contributed by atoms with E-state index < -0.39 is 0 Å². The molecule has 0 atom stereocenters. The lowest BCUT2D eigenvalue weighted by atomic mass is 10.1. The standard InChI is InChI=1S/C15H32N2O/c1-3-4-5-6-7-8-9-16-10-12-17(13-11-16)14-15-18-2/h3-15H2,1-2H3. The Morgan fingerprint density at radius 3 is 1.94 bits per heavy atom. The number of rotatable bonds is 10. The van der Waals surface area contributed by atoms with E-state index in [1.165, 1.54) is 71.2 Å². The zero-order chi connectivity index (χ0) is 13.1. The Hall–Kier alpha value is -0.120. The summed E-state index contributed by atoms with van der Waals surface area (Å²) in [5.74, 6) is 0. The Morgan fingerprint density at radius 1 is 0.778 bits per heavy atom. The SMILES string of the molecule is CCCCCCCCN1CCN(CCOC)CC1. The first kappa shape index (κ1) is 15.9. The number of hydrogen-bond acceptors (Lipinski definition) is 3. The molecule has 0 aromatic heterocycles. The van der Waals surface area contributed by atoms with Crippen LogP contribution in [0.5, 0.6) is 0 Å². The highest BCUT2D eigenvalue weighted by Gasteiger charge is 2.15. The first-order valence-corrected chi connectivity index (χ1v) is 7.80. The Labute approximate surface area is 113 Å². The van der Waals surface area contributed by atoms with E-state index in [0.717, 1.165) is 13.2 Å². The van der Waals surface area contributed by atoms with Crippen molar-refractivity contribution < 1.29 is 4.74 Å². The molecule has 0 aromatic carbocycles. The Balaban J connectivity index is 1.92. The van der Waals surface area contributed by atoms with E-state index >= 15 is 0 Å². The minimum absolute atomic E-state index is 0.872. The predicted octanol–water partition coefficient (Wildman–Crippen LogP) is 2.61. The number of hydrogen-bond donors (Lipinski definition) is 0. The van der Waals surface area contributed by atoms with Crippen molar-refractivity contribution in [2.75, 3.05) is 53.0 Å². The normalized spacial score (nSPS) is 18.3. The molecule has 0 aromatic rings. The molecule has 0 saturated carbocycles. The van der Waals surface area contributed by atoms with Crippen LogP contribution in [0.15, 0.2) is 0 Å². The number of piperazine rings is 1. The summed E-state index contributed by atoms with van der Waals surface area (Å²) < 4.78 is 5.13. The summed E-state index contributed by atoms with van der Waals surface area (Å²) >= 11 is 0. The first-order valence-electron chi connectivity index (χ1n) is 7.80. The molecule has 3 heteroatoms. The number of unbranched alkanes of at least 4 members (excludes halogenated alkanes) is 5. The van der Waals surface area contributed by atoms with Crippen LogP contribution in [0.4, 0.5) is 0 Å². The van der Waals surface area contributed by atoms with Gasteiger partial charge in [-0.3, -0.25) is 4.90 Å². The Bertz CT molecular complexity index is 179. The summed E-state index contributed by atoms with van der Waals surface area (Å²) in [7, 11) is 1.79. The third kappa shape index (κ3) is 7.34. The molecule has 0 amide bonds. The highest BCUT2D eigenvalue weighted by molar-refractivity contribution is 4.71. The summed E-state index contributed by atoms with van der Waals surface area (Å²) in [6, 6.07) is 0. The van der Waals surface area contributed by atoms with Crippen molar-refractivity contribution in [3.05, 3.63) is 0 Å². The van der Waals surface area contributed by atoms with Crippen molar-refractivity contribution in [1.29, 1.82) is 0 Å². The molecule has 1 aliphatic heterocycles. The zero-order valence-electron chi connectivity index (χ0n) is 12.5. The maximum absolute atomic E-state index is 5.13. The molecule has 1 aliphatic rings. The van der Waals surface area contributed by atoms with Gasteiger partial charge in [-0.2, -0.15) is 0 Å². The fraction of sp³-hybridized carbons (Fsp3) is 1.00. The lowest BCUT2D eigenvalue weighted by Gasteiger charge is -2.34. The molecule has 0 bridgehead atoms. The molecule has 1 heterocycles. The highest BCUT2D eigenvalue weighted by atomic mass is 16.5. The van der Waals surface area contributed by atoms with E-state index in [2.05, 4.69) is 16.7 Å². The van der Waals surface area contributed by atoms with E-state index in [0.29, 0.717) is 0 Å². The van der Waals surface area contributed by atoms with Crippen LogP contribution < -0.4 is 0 Å². The lowest BCUT2D eigenvalue weighted by molar-refractivity contribution is 0.0961. The van der Waals surface area contributed by atoms with Gasteiger partial charge in [-0.1, -0.05) is 39.0 Å². The summed E-state index contributed by atoms with van der Waals surface area (Å²) in [5, 5.41) is 0. The molecule has 18 heavy (non-hydrogen) atoms. The van der Waals surface area contributed by atoms with Crippen LogP contribution in [-0.2, 0) is 4.74 Å². The van der Waals surface area contributed by atoms with Gasteiger partial charge >= 0.3 is 0 Å². The van der Waals surface area contributed by atoms with Crippen LogP contribution in [0, 0.1) is 0 Å². The van der Waals surface area contributed by atoms with Crippen LogP contribution in [0.1, 0.15) is 45.4 Å². The van der Waals surface area contributed by atoms with Gasteiger partial charge in [0.15, 0.2) is 0 Å². The third-order valence-electron chi connectivity index (χ3n) is 3.90. The number of ether oxygens (including phenoxy) is 1. The van der Waals surface area contributed by atoms with Gasteiger partial charge in [-0.05, 0) is 13.0 Å². The van der Waals surface area contributed by atoms with Crippen molar-refractivity contribution >= 4 is 0 Å². The summed E-state index contributed by atoms with van der Waals surface area (Å²) in [6.07, 6.45) is 8.44. The van der Waals surface area contributed by atoms with Crippen LogP contribution >= 0.6 is 0 Å². The van der Waals surface area contributed by atoms with Gasteiger partial charge in [-0.25, -0.2) is 0 Å². The van der Waals surface area contributed by atoms with Crippen LogP contribution in [0.25, 0.3) is 0 Å². The van der Waals surface area contributed by atoms with Crippen molar-refractivity contribution in [2.45, 2.75) is 45.4 Å². The molecule has 0 spiro atoms. The van der Waals surface area contributed by atoms with Crippen molar-refractivity contribution in [3.8, 4) is 0 Å². The van der Waals surface area contributed by atoms with Crippen molar-refractivity contribution in [2.24, 2.45) is 0 Å². The predicted molar refractivity (Wildman–Crippen MR) is 78.1 cm³/mol. The van der Waals surface area contributed by atoms with Gasteiger partial charge in [-0.15, -0.1) is 0 Å². The summed E-state index contributed by atoms with van der Waals surface area (Å²) in [6.45, 7) is 10.5. The summed E-state index contributed by atoms with van der Waals surface area (Å²) in [4.78, 5) is 5.14. The molecule has 0 unspecified atom stereocenters. The molecule has 0 aliphatic carbocycles.